The van der Waals surface area contributed by atoms with Crippen molar-refractivity contribution in [1.82, 2.24) is 0 Å². The average molecular weight is 413 g/mol. The summed E-state index contributed by atoms with van der Waals surface area (Å²) >= 11 is 0. The summed E-state index contributed by atoms with van der Waals surface area (Å²) in [6.45, 7) is 1.65. The lowest BCUT2D eigenvalue weighted by molar-refractivity contribution is -0.384. The third-order valence-electron chi connectivity index (χ3n) is 4.96. The van der Waals surface area contributed by atoms with Gasteiger partial charge in [0, 0.05) is 23.3 Å². The number of ketones is 2. The zero-order valence-electron chi connectivity index (χ0n) is 16.5. The number of non-ortho nitro benzene ring substituents is 1. The molecule has 1 aliphatic carbocycles. The van der Waals surface area contributed by atoms with E-state index in [1.54, 1.807) is 6.92 Å². The van der Waals surface area contributed by atoms with Gasteiger partial charge in [-0.2, -0.15) is 0 Å². The zero-order valence-corrected chi connectivity index (χ0v) is 16.5. The molecule has 9 heteroatoms. The van der Waals surface area contributed by atoms with Crippen LogP contribution in [0.25, 0.3) is 0 Å². The molecule has 2 atom stereocenters. The van der Waals surface area contributed by atoms with E-state index in [0.29, 0.717) is 11.3 Å². The van der Waals surface area contributed by atoms with Gasteiger partial charge in [0.1, 0.15) is 5.92 Å². The topological polar surface area (TPSA) is 122 Å². The van der Waals surface area contributed by atoms with Gasteiger partial charge in [0.05, 0.1) is 31.7 Å². The molecule has 0 heterocycles. The molecule has 3 rings (SSSR count). The molecule has 156 valence electrons. The summed E-state index contributed by atoms with van der Waals surface area (Å²) in [5.74, 6) is -3.80. The van der Waals surface area contributed by atoms with Crippen LogP contribution >= 0.6 is 0 Å². The monoisotopic (exact) mass is 413 g/mol. The van der Waals surface area contributed by atoms with Crippen LogP contribution < -0.4 is 9.47 Å². The Balaban J connectivity index is 2.13. The van der Waals surface area contributed by atoms with Gasteiger partial charge >= 0.3 is 5.97 Å². The Kier molecular flexibility index (Phi) is 5.81. The number of hydrogen-bond acceptors (Lipinski definition) is 8. The van der Waals surface area contributed by atoms with Gasteiger partial charge in [-0.25, -0.2) is 0 Å². The maximum atomic E-state index is 13.3. The third kappa shape index (κ3) is 3.49. The van der Waals surface area contributed by atoms with Crippen molar-refractivity contribution in [2.45, 2.75) is 12.8 Å². The molecular formula is C21H19NO8. The van der Waals surface area contributed by atoms with E-state index in [2.05, 4.69) is 0 Å². The Bertz CT molecular complexity index is 1030. The van der Waals surface area contributed by atoms with Gasteiger partial charge in [-0.05, 0) is 36.8 Å². The number of benzene rings is 2. The second kappa shape index (κ2) is 8.32. The van der Waals surface area contributed by atoms with E-state index in [4.69, 9.17) is 14.2 Å². The number of methoxy groups -OCH3 is 2. The highest BCUT2D eigenvalue weighted by atomic mass is 16.6. The van der Waals surface area contributed by atoms with Gasteiger partial charge in [0.25, 0.3) is 5.69 Å². The summed E-state index contributed by atoms with van der Waals surface area (Å²) in [5.41, 5.74) is 0.447. The van der Waals surface area contributed by atoms with E-state index in [1.165, 1.54) is 50.6 Å². The van der Waals surface area contributed by atoms with Gasteiger partial charge in [-0.3, -0.25) is 24.5 Å². The Morgan fingerprint density at radius 3 is 2.17 bits per heavy atom. The van der Waals surface area contributed by atoms with Crippen LogP contribution in [0.15, 0.2) is 36.4 Å². The molecule has 0 aliphatic heterocycles. The summed E-state index contributed by atoms with van der Waals surface area (Å²) < 4.78 is 15.5. The molecule has 2 aromatic rings. The normalized spacial score (nSPS) is 17.2. The van der Waals surface area contributed by atoms with Crippen molar-refractivity contribution in [3.8, 4) is 11.5 Å². The fraction of sp³-hybridized carbons (Fsp3) is 0.286. The van der Waals surface area contributed by atoms with Crippen molar-refractivity contribution in [3.63, 3.8) is 0 Å². The lowest BCUT2D eigenvalue weighted by Gasteiger charge is -2.17. The molecular weight excluding hydrogens is 394 g/mol. The van der Waals surface area contributed by atoms with Gasteiger partial charge in [0.15, 0.2) is 23.1 Å². The SMILES string of the molecule is CCOC(=O)[C@@H]1C(=O)c2cc(OC)c(OC)cc2[C@H]1C(=O)c1ccc([N+](=O)[O-])cc1. The number of Topliss-reactive ketones (excluding diaryl/α,β-unsaturated/α-hetero) is 2. The highest BCUT2D eigenvalue weighted by molar-refractivity contribution is 6.20. The van der Waals surface area contributed by atoms with Gasteiger partial charge in [-0.15, -0.1) is 0 Å². The zero-order chi connectivity index (χ0) is 22.0. The Labute approximate surface area is 171 Å². The minimum absolute atomic E-state index is 0.0457. The van der Waals surface area contributed by atoms with E-state index in [1.807, 2.05) is 0 Å². The van der Waals surface area contributed by atoms with E-state index in [-0.39, 0.29) is 29.2 Å². The second-order valence-corrected chi connectivity index (χ2v) is 6.53. The number of rotatable bonds is 7. The molecule has 0 spiro atoms. The lowest BCUT2D eigenvalue weighted by Crippen LogP contribution is -2.30. The first-order valence-corrected chi connectivity index (χ1v) is 9.09. The minimum Gasteiger partial charge on any atom is -0.493 e. The number of ether oxygens (including phenoxy) is 3. The molecule has 0 N–H and O–H groups in total. The molecule has 0 saturated heterocycles. The van der Waals surface area contributed by atoms with Crippen LogP contribution in [-0.4, -0.2) is 43.3 Å². The van der Waals surface area contributed by atoms with Crippen LogP contribution in [0.2, 0.25) is 0 Å². The summed E-state index contributed by atoms with van der Waals surface area (Å²) in [6, 6.07) is 7.92. The fourth-order valence-corrected chi connectivity index (χ4v) is 3.56. The lowest BCUT2D eigenvalue weighted by atomic mass is 9.85. The number of hydrogen-bond donors (Lipinski definition) is 0. The first kappa shape index (κ1) is 21.0. The number of carbonyl (C=O) groups excluding carboxylic acids is 3. The highest BCUT2D eigenvalue weighted by Crippen LogP contribution is 2.45. The predicted octanol–water partition coefficient (Wildman–Crippen LogP) is 2.95. The number of nitro benzene ring substituents is 1. The van der Waals surface area contributed by atoms with Gasteiger partial charge in [-0.1, -0.05) is 0 Å². The van der Waals surface area contributed by atoms with Crippen molar-refractivity contribution in [1.29, 1.82) is 0 Å². The first-order chi connectivity index (χ1) is 14.3. The molecule has 0 amide bonds. The standard InChI is InChI=1S/C21H19NO8/c1-4-30-21(25)18-17(19(23)11-5-7-12(8-6-11)22(26)27)13-9-15(28-2)16(29-3)10-14(13)20(18)24/h5-10,17-18H,4H2,1-3H3/t17-,18+/m1/s1. The molecule has 0 fully saturated rings. The van der Waals surface area contributed by atoms with Crippen LogP contribution in [0.4, 0.5) is 5.69 Å². The molecule has 2 aromatic carbocycles. The minimum atomic E-state index is -1.36. The van der Waals surface area contributed by atoms with E-state index in [0.717, 1.165) is 0 Å². The Morgan fingerprint density at radius 1 is 1.03 bits per heavy atom. The number of fused-ring (bicyclic) bond motifs is 1. The predicted molar refractivity (Wildman–Crippen MR) is 104 cm³/mol. The number of nitro groups is 1. The van der Waals surface area contributed by atoms with Crippen LogP contribution in [0.5, 0.6) is 11.5 Å². The first-order valence-electron chi connectivity index (χ1n) is 9.09. The molecule has 30 heavy (non-hydrogen) atoms. The number of carbonyl (C=O) groups is 3. The smallest absolute Gasteiger partial charge is 0.317 e. The van der Waals surface area contributed by atoms with Crippen molar-refractivity contribution >= 4 is 23.2 Å². The van der Waals surface area contributed by atoms with Crippen molar-refractivity contribution in [3.05, 3.63) is 63.2 Å². The van der Waals surface area contributed by atoms with Crippen LogP contribution in [-0.2, 0) is 9.53 Å². The summed E-state index contributed by atoms with van der Waals surface area (Å²) in [4.78, 5) is 49.2. The molecule has 0 aromatic heterocycles. The second-order valence-electron chi connectivity index (χ2n) is 6.53. The Morgan fingerprint density at radius 2 is 1.63 bits per heavy atom. The van der Waals surface area contributed by atoms with Gasteiger partial charge in [0.2, 0.25) is 0 Å². The molecule has 0 radical (unpaired) electrons. The van der Waals surface area contributed by atoms with Crippen LogP contribution in [0.1, 0.15) is 39.1 Å². The molecule has 1 aliphatic rings. The van der Waals surface area contributed by atoms with Crippen LogP contribution in [0.3, 0.4) is 0 Å². The molecule has 0 bridgehead atoms. The highest BCUT2D eigenvalue weighted by Gasteiger charge is 2.49. The maximum Gasteiger partial charge on any atom is 0.317 e. The molecule has 0 unspecified atom stereocenters. The summed E-state index contributed by atoms with van der Waals surface area (Å²) in [5, 5.41) is 10.9. The average Bonchev–Trinajstić information content (AvgIpc) is 3.03. The number of esters is 1. The van der Waals surface area contributed by atoms with Crippen molar-refractivity contribution < 1.29 is 33.5 Å². The van der Waals surface area contributed by atoms with E-state index < -0.39 is 34.3 Å². The number of nitrogens with zero attached hydrogens (tertiary/aromatic N) is 1. The van der Waals surface area contributed by atoms with Crippen molar-refractivity contribution in [2.75, 3.05) is 20.8 Å². The Hall–Kier alpha value is -3.75. The van der Waals surface area contributed by atoms with Gasteiger partial charge < -0.3 is 14.2 Å². The summed E-state index contributed by atoms with van der Waals surface area (Å²) in [7, 11) is 2.82. The fourth-order valence-electron chi connectivity index (χ4n) is 3.56. The largest absolute Gasteiger partial charge is 0.493 e. The third-order valence-corrected chi connectivity index (χ3v) is 4.96. The van der Waals surface area contributed by atoms with E-state index >= 15 is 0 Å². The quantitative estimate of drug-likeness (QED) is 0.223. The summed E-state index contributed by atoms with van der Waals surface area (Å²) in [6.07, 6.45) is 0. The van der Waals surface area contributed by atoms with E-state index in [9.17, 15) is 24.5 Å². The maximum absolute atomic E-state index is 13.3. The molecule has 9 nitrogen and oxygen atoms in total. The van der Waals surface area contributed by atoms with Crippen molar-refractivity contribution in [2.24, 2.45) is 5.92 Å². The molecule has 0 saturated carbocycles. The van der Waals surface area contributed by atoms with Crippen LogP contribution in [0, 0.1) is 16.0 Å².